The van der Waals surface area contributed by atoms with E-state index >= 15 is 0 Å². The van der Waals surface area contributed by atoms with Crippen LogP contribution >= 0.6 is 10.9 Å². The zero-order valence-corrected chi connectivity index (χ0v) is 28.9. The maximum atomic E-state index is 13.4. The molecule has 0 N–H and O–H groups in total. The first-order valence-corrected chi connectivity index (χ1v) is 17.8. The van der Waals surface area contributed by atoms with Gasteiger partial charge in [-0.05, 0) is 107 Å². The van der Waals surface area contributed by atoms with Crippen LogP contribution in [0.25, 0.3) is 39.1 Å². The van der Waals surface area contributed by atoms with Gasteiger partial charge in [-0.1, -0.05) is 103 Å². The molecule has 0 saturated carbocycles. The van der Waals surface area contributed by atoms with Crippen LogP contribution in [-0.2, 0) is 9.59 Å². The second-order valence-corrected chi connectivity index (χ2v) is 12.7. The standard InChI is InChI=1S/C44H37N3O2S/c1-4-45-42(48)41(43(49)46(5-2)44(45)50-3)29-31-16-17-37-30-40(27-22-36(37)28-31)47(38-23-18-34(19-24-38)32-12-8-6-9-13-32)39-25-20-35(21-26-39)33-14-10-7-11-15-33/h6-30H,3-5H2,1-2H3. The van der Waals surface area contributed by atoms with Gasteiger partial charge in [0.25, 0.3) is 11.8 Å². The molecule has 0 spiro atoms. The maximum Gasteiger partial charge on any atom is 0.265 e. The third-order valence-corrected chi connectivity index (χ3v) is 9.76. The van der Waals surface area contributed by atoms with Gasteiger partial charge in [0.1, 0.15) is 5.57 Å². The number of anilines is 3. The van der Waals surface area contributed by atoms with Gasteiger partial charge in [0.15, 0.2) is 5.11 Å². The SMILES string of the molecule is C=S=C1N(CC)C(=O)C(=Cc2ccc3cc(N(c4ccc(-c5ccccc5)cc4)c4ccc(-c5ccccc5)cc4)ccc3c2)C(=O)N1CC. The van der Waals surface area contributed by atoms with Gasteiger partial charge in [-0.25, -0.2) is 0 Å². The van der Waals surface area contributed by atoms with E-state index in [1.165, 1.54) is 22.1 Å². The summed E-state index contributed by atoms with van der Waals surface area (Å²) in [6, 6.07) is 50.6. The summed E-state index contributed by atoms with van der Waals surface area (Å²) in [6.45, 7) is 4.72. The van der Waals surface area contributed by atoms with Crippen molar-refractivity contribution in [3.05, 3.63) is 157 Å². The quantitative estimate of drug-likeness (QED) is 0.0919. The van der Waals surface area contributed by atoms with Crippen molar-refractivity contribution in [2.24, 2.45) is 0 Å². The van der Waals surface area contributed by atoms with Crippen LogP contribution < -0.4 is 4.90 Å². The number of amides is 2. The first-order valence-electron chi connectivity index (χ1n) is 16.8. The van der Waals surface area contributed by atoms with E-state index in [1.54, 1.807) is 15.9 Å². The summed E-state index contributed by atoms with van der Waals surface area (Å²) < 4.78 is 0. The lowest BCUT2D eigenvalue weighted by Gasteiger charge is -2.36. The van der Waals surface area contributed by atoms with Crippen LogP contribution in [0.4, 0.5) is 17.1 Å². The molecule has 2 amide bonds. The molecule has 1 heterocycles. The highest BCUT2D eigenvalue weighted by atomic mass is 32.1. The first-order chi connectivity index (χ1) is 24.5. The van der Waals surface area contributed by atoms with Crippen molar-refractivity contribution in [1.29, 1.82) is 0 Å². The highest BCUT2D eigenvalue weighted by Crippen LogP contribution is 2.38. The molecule has 246 valence electrons. The minimum absolute atomic E-state index is 0.159. The lowest BCUT2D eigenvalue weighted by molar-refractivity contribution is -0.133. The fraction of sp³-hybridized carbons (Fsp3) is 0.0909. The van der Waals surface area contributed by atoms with E-state index in [9.17, 15) is 9.59 Å². The number of carbonyl (C=O) groups is 2. The van der Waals surface area contributed by atoms with Crippen LogP contribution in [0.2, 0.25) is 0 Å². The summed E-state index contributed by atoms with van der Waals surface area (Å²) in [6.07, 6.45) is 1.71. The summed E-state index contributed by atoms with van der Waals surface area (Å²) >= 11 is 0. The van der Waals surface area contributed by atoms with E-state index in [4.69, 9.17) is 0 Å². The third-order valence-electron chi connectivity index (χ3n) is 9.06. The molecule has 1 fully saturated rings. The van der Waals surface area contributed by atoms with Crippen molar-refractivity contribution in [3.8, 4) is 22.3 Å². The first kappa shape index (κ1) is 32.6. The van der Waals surface area contributed by atoms with Crippen molar-refractivity contribution >= 4 is 67.6 Å². The second-order valence-electron chi connectivity index (χ2n) is 12.0. The largest absolute Gasteiger partial charge is 0.310 e. The van der Waals surface area contributed by atoms with Gasteiger partial charge >= 0.3 is 0 Å². The van der Waals surface area contributed by atoms with E-state index in [-0.39, 0.29) is 17.4 Å². The lowest BCUT2D eigenvalue weighted by atomic mass is 10.0. The summed E-state index contributed by atoms with van der Waals surface area (Å²) in [7, 11) is 1.17. The van der Waals surface area contributed by atoms with Crippen molar-refractivity contribution < 1.29 is 9.59 Å². The fourth-order valence-corrected chi connectivity index (χ4v) is 7.24. The summed E-state index contributed by atoms with van der Waals surface area (Å²) in [4.78, 5) is 32.3. The Balaban J connectivity index is 1.26. The topological polar surface area (TPSA) is 43.9 Å². The number of fused-ring (bicyclic) bond motifs is 1. The number of likely N-dealkylation sites (N-methyl/N-ethyl adjacent to an activating group) is 2. The molecule has 6 heteroatoms. The van der Waals surface area contributed by atoms with E-state index in [0.717, 1.165) is 44.5 Å². The molecule has 0 bridgehead atoms. The van der Waals surface area contributed by atoms with Crippen LogP contribution in [0.15, 0.2) is 151 Å². The number of benzene rings is 6. The smallest absolute Gasteiger partial charge is 0.265 e. The molecular formula is C44H37N3O2S. The average molecular weight is 672 g/mol. The predicted molar refractivity (Wildman–Crippen MR) is 212 cm³/mol. The normalized spacial score (nSPS) is 13.2. The van der Waals surface area contributed by atoms with Gasteiger partial charge in [-0.3, -0.25) is 19.4 Å². The van der Waals surface area contributed by atoms with Crippen molar-refractivity contribution in [1.82, 2.24) is 9.80 Å². The molecule has 50 heavy (non-hydrogen) atoms. The molecule has 1 saturated heterocycles. The zero-order chi connectivity index (χ0) is 34.6. The second kappa shape index (κ2) is 14.2. The predicted octanol–water partition coefficient (Wildman–Crippen LogP) is 9.99. The Bertz CT molecular complexity index is 2160. The third kappa shape index (κ3) is 6.29. The van der Waals surface area contributed by atoms with E-state index in [0.29, 0.717) is 18.2 Å². The zero-order valence-electron chi connectivity index (χ0n) is 28.1. The number of hydrogen-bond donors (Lipinski definition) is 0. The fourth-order valence-electron chi connectivity index (χ4n) is 6.50. The lowest BCUT2D eigenvalue weighted by Crippen LogP contribution is -2.56. The average Bonchev–Trinajstić information content (AvgIpc) is 3.17. The van der Waals surface area contributed by atoms with Crippen LogP contribution in [0.1, 0.15) is 19.4 Å². The van der Waals surface area contributed by atoms with Crippen LogP contribution in [0.3, 0.4) is 0 Å². The Morgan fingerprint density at radius 2 is 1.00 bits per heavy atom. The molecule has 5 nitrogen and oxygen atoms in total. The van der Waals surface area contributed by atoms with Crippen LogP contribution in [0.5, 0.6) is 0 Å². The molecule has 0 atom stereocenters. The van der Waals surface area contributed by atoms with Crippen LogP contribution in [-0.4, -0.2) is 45.7 Å². The van der Waals surface area contributed by atoms with Gasteiger partial charge < -0.3 is 4.90 Å². The van der Waals surface area contributed by atoms with E-state index < -0.39 is 0 Å². The molecule has 0 aliphatic carbocycles. The molecular weight excluding hydrogens is 635 g/mol. The maximum absolute atomic E-state index is 13.4. The molecule has 0 aromatic heterocycles. The molecule has 0 unspecified atom stereocenters. The highest BCUT2D eigenvalue weighted by Gasteiger charge is 2.37. The molecule has 7 rings (SSSR count). The van der Waals surface area contributed by atoms with Gasteiger partial charge in [0, 0.05) is 30.2 Å². The Morgan fingerprint density at radius 3 is 1.48 bits per heavy atom. The summed E-state index contributed by atoms with van der Waals surface area (Å²) in [5, 5.41) is 2.63. The number of hydrogen-bond acceptors (Lipinski definition) is 3. The Labute approximate surface area is 296 Å². The van der Waals surface area contributed by atoms with Gasteiger partial charge in [0.05, 0.1) is 0 Å². The molecule has 1 aliphatic rings. The van der Waals surface area contributed by atoms with E-state index in [1.807, 2.05) is 38.1 Å². The molecule has 1 aliphatic heterocycles. The highest BCUT2D eigenvalue weighted by molar-refractivity contribution is 7.95. The molecule has 6 aromatic carbocycles. The number of nitrogens with zero attached hydrogens (tertiary/aromatic N) is 3. The Kier molecular flexibility index (Phi) is 9.28. The van der Waals surface area contributed by atoms with Crippen molar-refractivity contribution in [3.63, 3.8) is 0 Å². The summed E-state index contributed by atoms with van der Waals surface area (Å²) in [5.74, 6) is 3.29. The van der Waals surface area contributed by atoms with Gasteiger partial charge in [-0.15, -0.1) is 10.9 Å². The monoisotopic (exact) mass is 671 g/mol. The van der Waals surface area contributed by atoms with Crippen molar-refractivity contribution in [2.45, 2.75) is 13.8 Å². The van der Waals surface area contributed by atoms with Gasteiger partial charge in [-0.2, -0.15) is 0 Å². The Hall–Kier alpha value is -5.98. The minimum Gasteiger partial charge on any atom is -0.310 e. The minimum atomic E-state index is -0.295. The van der Waals surface area contributed by atoms with Gasteiger partial charge in [0.2, 0.25) is 0 Å². The molecule has 6 aromatic rings. The van der Waals surface area contributed by atoms with E-state index in [2.05, 4.69) is 132 Å². The Morgan fingerprint density at radius 1 is 0.560 bits per heavy atom. The molecule has 0 radical (unpaired) electrons. The number of carbonyl (C=O) groups excluding carboxylic acids is 2. The summed E-state index contributed by atoms with van der Waals surface area (Å²) in [5.41, 5.74) is 8.74. The van der Waals surface area contributed by atoms with Crippen molar-refractivity contribution in [2.75, 3.05) is 18.0 Å². The number of rotatable bonds is 8. The van der Waals surface area contributed by atoms with Crippen LogP contribution in [0, 0.1) is 0 Å².